The van der Waals surface area contributed by atoms with Crippen molar-refractivity contribution in [3.05, 3.63) is 23.8 Å². The van der Waals surface area contributed by atoms with Crippen molar-refractivity contribution in [1.82, 2.24) is 4.31 Å². The maximum Gasteiger partial charge on any atom is 0.227 e. The van der Waals surface area contributed by atoms with Crippen LogP contribution in [0.4, 0.5) is 11.4 Å². The fourth-order valence-corrected chi connectivity index (χ4v) is 4.61. The molecule has 1 amide bonds. The fraction of sp³-hybridized carbons (Fsp3) is 0.611. The number of sulfonamides is 1. The monoisotopic (exact) mass is 365 g/mol. The molecule has 7 heteroatoms. The van der Waals surface area contributed by atoms with E-state index in [9.17, 15) is 13.2 Å². The summed E-state index contributed by atoms with van der Waals surface area (Å²) in [5.74, 6) is -0.141. The smallest absolute Gasteiger partial charge is 0.227 e. The number of nitrogens with one attached hydrogen (secondary N) is 1. The number of piperidine rings is 1. The fourth-order valence-electron chi connectivity index (χ4n) is 3.74. The highest BCUT2D eigenvalue weighted by Gasteiger charge is 2.29. The molecule has 0 aromatic heterocycles. The summed E-state index contributed by atoms with van der Waals surface area (Å²) in [4.78, 5) is 14.9. The average molecular weight is 365 g/mol. The molecule has 1 aromatic carbocycles. The lowest BCUT2D eigenvalue weighted by atomic mass is 9.97. The van der Waals surface area contributed by atoms with Gasteiger partial charge in [-0.1, -0.05) is 0 Å². The van der Waals surface area contributed by atoms with Gasteiger partial charge in [-0.15, -0.1) is 0 Å². The lowest BCUT2D eigenvalue weighted by Gasteiger charge is -2.29. The van der Waals surface area contributed by atoms with Crippen LogP contribution in [0.2, 0.25) is 0 Å². The molecule has 0 spiro atoms. The minimum atomic E-state index is -3.16. The van der Waals surface area contributed by atoms with Crippen LogP contribution in [0.3, 0.4) is 0 Å². The first-order chi connectivity index (χ1) is 11.8. The molecule has 1 N–H and O–H groups in total. The number of carbonyl (C=O) groups excluding carboxylic acids is 1. The molecule has 2 aliphatic rings. The number of anilines is 2. The van der Waals surface area contributed by atoms with E-state index in [4.69, 9.17) is 0 Å². The Morgan fingerprint density at radius 1 is 1.12 bits per heavy atom. The first-order valence-corrected chi connectivity index (χ1v) is 10.8. The summed E-state index contributed by atoms with van der Waals surface area (Å²) >= 11 is 0. The van der Waals surface area contributed by atoms with E-state index in [1.807, 2.05) is 12.1 Å². The van der Waals surface area contributed by atoms with Crippen molar-refractivity contribution in [2.24, 2.45) is 5.92 Å². The zero-order valence-corrected chi connectivity index (χ0v) is 15.8. The maximum absolute atomic E-state index is 12.5. The van der Waals surface area contributed by atoms with E-state index in [0.29, 0.717) is 25.9 Å². The van der Waals surface area contributed by atoms with Gasteiger partial charge in [0.25, 0.3) is 0 Å². The summed E-state index contributed by atoms with van der Waals surface area (Å²) in [5, 5.41) is 3.00. The molecule has 0 unspecified atom stereocenters. The van der Waals surface area contributed by atoms with E-state index >= 15 is 0 Å². The molecule has 0 aliphatic carbocycles. The highest BCUT2D eigenvalue weighted by atomic mass is 32.2. The summed E-state index contributed by atoms with van der Waals surface area (Å²) < 4.78 is 24.6. The number of hydrogen-bond donors (Lipinski definition) is 1. The van der Waals surface area contributed by atoms with Gasteiger partial charge < -0.3 is 10.2 Å². The molecule has 0 saturated carbocycles. The predicted molar refractivity (Wildman–Crippen MR) is 100 cm³/mol. The zero-order valence-electron chi connectivity index (χ0n) is 15.0. The Bertz CT molecular complexity index is 734. The molecule has 138 valence electrons. The standard InChI is InChI=1S/C18H27N3O3S/c1-14-13-16(5-6-17(14)20-9-3-4-10-20)19-18(22)15-7-11-21(12-8-15)25(2,23)24/h5-6,13,15H,3-4,7-12H2,1-2H3,(H,19,22). The van der Waals surface area contributed by atoms with Crippen molar-refractivity contribution >= 4 is 27.3 Å². The molecule has 2 saturated heterocycles. The second-order valence-corrected chi connectivity index (χ2v) is 9.10. The summed E-state index contributed by atoms with van der Waals surface area (Å²) in [6.45, 7) is 5.12. The lowest BCUT2D eigenvalue weighted by molar-refractivity contribution is -0.120. The molecule has 2 fully saturated rings. The van der Waals surface area contributed by atoms with Gasteiger partial charge >= 0.3 is 0 Å². The molecule has 25 heavy (non-hydrogen) atoms. The van der Waals surface area contributed by atoms with E-state index in [-0.39, 0.29) is 11.8 Å². The van der Waals surface area contributed by atoms with Crippen LogP contribution < -0.4 is 10.2 Å². The molecular formula is C18H27N3O3S. The molecule has 6 nitrogen and oxygen atoms in total. The zero-order chi connectivity index (χ0) is 18.0. The largest absolute Gasteiger partial charge is 0.371 e. The topological polar surface area (TPSA) is 69.7 Å². The van der Waals surface area contributed by atoms with E-state index in [1.54, 1.807) is 0 Å². The molecule has 1 aromatic rings. The van der Waals surface area contributed by atoms with Gasteiger partial charge in [0.2, 0.25) is 15.9 Å². The van der Waals surface area contributed by atoms with E-state index in [2.05, 4.69) is 23.2 Å². The SMILES string of the molecule is Cc1cc(NC(=O)C2CCN(S(C)(=O)=O)CC2)ccc1N1CCCC1. The van der Waals surface area contributed by atoms with Crippen molar-refractivity contribution < 1.29 is 13.2 Å². The Hall–Kier alpha value is -1.60. The summed E-state index contributed by atoms with van der Waals surface area (Å²) in [6, 6.07) is 6.07. The van der Waals surface area contributed by atoms with Crippen molar-refractivity contribution in [3.8, 4) is 0 Å². The van der Waals surface area contributed by atoms with Crippen LogP contribution in [0.15, 0.2) is 18.2 Å². The molecule has 0 radical (unpaired) electrons. The Morgan fingerprint density at radius 3 is 2.32 bits per heavy atom. The van der Waals surface area contributed by atoms with Gasteiger partial charge in [0.05, 0.1) is 6.26 Å². The van der Waals surface area contributed by atoms with E-state index in [0.717, 1.165) is 18.8 Å². The summed E-state index contributed by atoms with van der Waals surface area (Å²) in [5.41, 5.74) is 3.24. The normalized spacial score (nSPS) is 20.0. The number of amides is 1. The summed E-state index contributed by atoms with van der Waals surface area (Å²) in [6.07, 6.45) is 4.85. The van der Waals surface area contributed by atoms with Gasteiger partial charge in [0.1, 0.15) is 0 Å². The Labute approximate surface area is 150 Å². The van der Waals surface area contributed by atoms with Crippen molar-refractivity contribution in [2.45, 2.75) is 32.6 Å². The maximum atomic E-state index is 12.5. The van der Waals surface area contributed by atoms with Crippen molar-refractivity contribution in [3.63, 3.8) is 0 Å². The van der Waals surface area contributed by atoms with Crippen LogP contribution in [-0.2, 0) is 14.8 Å². The Kier molecular flexibility index (Phi) is 5.34. The third-order valence-corrected chi connectivity index (χ3v) is 6.51. The van der Waals surface area contributed by atoms with Crippen LogP contribution in [0.5, 0.6) is 0 Å². The van der Waals surface area contributed by atoms with Crippen LogP contribution in [0.25, 0.3) is 0 Å². The Balaban J connectivity index is 1.59. The van der Waals surface area contributed by atoms with Crippen molar-refractivity contribution in [1.29, 1.82) is 0 Å². The molecule has 2 aliphatic heterocycles. The number of carbonyl (C=O) groups is 1. The highest BCUT2D eigenvalue weighted by Crippen LogP contribution is 2.27. The number of aryl methyl sites for hydroxylation is 1. The highest BCUT2D eigenvalue weighted by molar-refractivity contribution is 7.88. The first-order valence-electron chi connectivity index (χ1n) is 8.96. The van der Waals surface area contributed by atoms with Gasteiger partial charge in [-0.3, -0.25) is 4.79 Å². The van der Waals surface area contributed by atoms with Crippen LogP contribution in [0.1, 0.15) is 31.2 Å². The van der Waals surface area contributed by atoms with Crippen LogP contribution in [0, 0.1) is 12.8 Å². The minimum Gasteiger partial charge on any atom is -0.371 e. The number of benzene rings is 1. The third-order valence-electron chi connectivity index (χ3n) is 5.20. The molecule has 0 bridgehead atoms. The van der Waals surface area contributed by atoms with Gasteiger partial charge in [-0.25, -0.2) is 12.7 Å². The summed E-state index contributed by atoms with van der Waals surface area (Å²) in [7, 11) is -3.16. The number of nitrogens with zero attached hydrogens (tertiary/aromatic N) is 2. The van der Waals surface area contributed by atoms with Gasteiger partial charge in [0, 0.05) is 43.5 Å². The average Bonchev–Trinajstić information content (AvgIpc) is 3.08. The molecule has 0 atom stereocenters. The van der Waals surface area contributed by atoms with Gasteiger partial charge in [0.15, 0.2) is 0 Å². The lowest BCUT2D eigenvalue weighted by Crippen LogP contribution is -2.40. The first kappa shape index (κ1) is 18.2. The predicted octanol–water partition coefficient (Wildman–Crippen LogP) is 2.21. The van der Waals surface area contributed by atoms with Gasteiger partial charge in [-0.05, 0) is 56.4 Å². The third kappa shape index (κ3) is 4.33. The molecule has 2 heterocycles. The second kappa shape index (κ2) is 7.33. The van der Waals surface area contributed by atoms with Crippen LogP contribution in [-0.4, -0.2) is 51.1 Å². The molecule has 3 rings (SSSR count). The quantitative estimate of drug-likeness (QED) is 0.888. The minimum absolute atomic E-state index is 0.0125. The van der Waals surface area contributed by atoms with E-state index in [1.165, 1.54) is 34.7 Å². The molecular weight excluding hydrogens is 338 g/mol. The number of hydrogen-bond acceptors (Lipinski definition) is 4. The van der Waals surface area contributed by atoms with E-state index < -0.39 is 10.0 Å². The number of rotatable bonds is 4. The van der Waals surface area contributed by atoms with Gasteiger partial charge in [-0.2, -0.15) is 0 Å². The Morgan fingerprint density at radius 2 is 1.76 bits per heavy atom. The van der Waals surface area contributed by atoms with Crippen molar-refractivity contribution in [2.75, 3.05) is 42.7 Å². The van der Waals surface area contributed by atoms with Crippen LogP contribution >= 0.6 is 0 Å². The second-order valence-electron chi connectivity index (χ2n) is 7.12.